The zero-order chi connectivity index (χ0) is 14.8. The molecule has 0 aliphatic heterocycles. The molecule has 0 saturated carbocycles. The summed E-state index contributed by atoms with van der Waals surface area (Å²) in [5.41, 5.74) is 0.179. The monoisotopic (exact) mass is 349 g/mol. The van der Waals surface area contributed by atoms with Crippen molar-refractivity contribution in [3.63, 3.8) is 0 Å². The number of ether oxygens (including phenoxy) is 1. The fourth-order valence-electron chi connectivity index (χ4n) is 1.20. The second-order valence-corrected chi connectivity index (χ2v) is 6.66. The summed E-state index contributed by atoms with van der Waals surface area (Å²) in [6.45, 7) is 3.29. The van der Waals surface area contributed by atoms with E-state index in [-0.39, 0.29) is 27.9 Å². The molecule has 0 aliphatic carbocycles. The van der Waals surface area contributed by atoms with Crippen LogP contribution in [0.4, 0.5) is 5.69 Å². The van der Waals surface area contributed by atoms with Gasteiger partial charge >= 0.3 is 5.97 Å². The Morgan fingerprint density at radius 1 is 1.42 bits per heavy atom. The molecule has 19 heavy (non-hydrogen) atoms. The first kappa shape index (κ1) is 15.8. The molecule has 1 rings (SSSR count). The van der Waals surface area contributed by atoms with E-state index in [0.29, 0.717) is 0 Å². The summed E-state index contributed by atoms with van der Waals surface area (Å²) in [5, 5.41) is 12.2. The van der Waals surface area contributed by atoms with Gasteiger partial charge in [-0.15, -0.1) is 0 Å². The Kier molecular flexibility index (Phi) is 4.81. The van der Waals surface area contributed by atoms with E-state index in [1.165, 1.54) is 19.2 Å². The predicted molar refractivity (Wildman–Crippen MR) is 76.1 cm³/mol. The van der Waals surface area contributed by atoms with Gasteiger partial charge in [0.15, 0.2) is 5.75 Å². The van der Waals surface area contributed by atoms with Crippen LogP contribution in [0.15, 0.2) is 12.1 Å². The second-order valence-electron chi connectivity index (χ2n) is 4.27. The third-order valence-electron chi connectivity index (χ3n) is 2.27. The molecule has 1 aromatic carbocycles. The van der Waals surface area contributed by atoms with Gasteiger partial charge in [0.2, 0.25) is 5.91 Å². The van der Waals surface area contributed by atoms with E-state index < -0.39 is 10.3 Å². The fourth-order valence-corrected chi connectivity index (χ4v) is 1.52. The van der Waals surface area contributed by atoms with Crippen molar-refractivity contribution >= 4 is 45.1 Å². The number of halogens is 2. The highest BCUT2D eigenvalue weighted by molar-refractivity contribution is 9.10. The summed E-state index contributed by atoms with van der Waals surface area (Å²) in [5.74, 6) is -1.31. The van der Waals surface area contributed by atoms with Crippen molar-refractivity contribution < 1.29 is 19.4 Å². The van der Waals surface area contributed by atoms with Gasteiger partial charge in [-0.2, -0.15) is 0 Å². The van der Waals surface area contributed by atoms with E-state index in [4.69, 9.17) is 11.6 Å². The summed E-state index contributed by atoms with van der Waals surface area (Å²) in [7, 11) is 1.23. The van der Waals surface area contributed by atoms with Gasteiger partial charge in [0.05, 0.1) is 27.7 Å². The molecule has 1 amide bonds. The molecule has 0 heterocycles. The van der Waals surface area contributed by atoms with E-state index in [9.17, 15) is 14.7 Å². The molecule has 0 radical (unpaired) electrons. The number of rotatable bonds is 3. The van der Waals surface area contributed by atoms with E-state index in [0.717, 1.165) is 0 Å². The Hall–Kier alpha value is -1.27. The number of hydrogen-bond acceptors (Lipinski definition) is 4. The number of nitrogens with one attached hydrogen (secondary N) is 1. The average Bonchev–Trinajstić information content (AvgIpc) is 2.32. The largest absolute Gasteiger partial charge is 0.504 e. The number of hydrogen-bond donors (Lipinski definition) is 2. The number of phenols is 1. The summed E-state index contributed by atoms with van der Waals surface area (Å²) in [4.78, 5) is 23.2. The first-order valence-electron chi connectivity index (χ1n) is 5.28. The Labute approximate surface area is 124 Å². The van der Waals surface area contributed by atoms with Crippen LogP contribution in [-0.2, 0) is 9.53 Å². The number of anilines is 1. The lowest BCUT2D eigenvalue weighted by atomic mass is 10.1. The summed E-state index contributed by atoms with van der Waals surface area (Å²) >= 11 is 8.98. The van der Waals surface area contributed by atoms with E-state index in [2.05, 4.69) is 26.0 Å². The first-order valence-corrected chi connectivity index (χ1v) is 6.45. The number of carbonyl (C=O) groups is 2. The average molecular weight is 351 g/mol. The SMILES string of the molecule is COC(=O)c1cc(Cl)c(O)c(NC(=O)C(C)(C)Br)c1. The molecule has 0 unspecified atom stereocenters. The van der Waals surface area contributed by atoms with Gasteiger partial charge in [0.1, 0.15) is 0 Å². The molecular weight excluding hydrogens is 337 g/mol. The number of esters is 1. The predicted octanol–water partition coefficient (Wildman–Crippen LogP) is 2.94. The van der Waals surface area contributed by atoms with E-state index >= 15 is 0 Å². The van der Waals surface area contributed by atoms with E-state index in [1.54, 1.807) is 13.8 Å². The number of carbonyl (C=O) groups excluding carboxylic acids is 2. The zero-order valence-electron chi connectivity index (χ0n) is 10.6. The van der Waals surface area contributed by atoms with Crippen molar-refractivity contribution in [3.8, 4) is 5.75 Å². The molecule has 1 aromatic rings. The van der Waals surface area contributed by atoms with Crippen molar-refractivity contribution in [1.29, 1.82) is 0 Å². The van der Waals surface area contributed by atoms with Crippen LogP contribution in [0.3, 0.4) is 0 Å². The molecule has 0 spiro atoms. The van der Waals surface area contributed by atoms with Crippen LogP contribution in [-0.4, -0.2) is 28.4 Å². The molecule has 0 fully saturated rings. The maximum Gasteiger partial charge on any atom is 0.337 e. The smallest absolute Gasteiger partial charge is 0.337 e. The van der Waals surface area contributed by atoms with Crippen molar-refractivity contribution in [2.45, 2.75) is 18.2 Å². The summed E-state index contributed by atoms with van der Waals surface area (Å²) in [6, 6.07) is 2.56. The normalized spacial score (nSPS) is 11.0. The summed E-state index contributed by atoms with van der Waals surface area (Å²) in [6.07, 6.45) is 0. The van der Waals surface area contributed by atoms with Crippen molar-refractivity contribution in [3.05, 3.63) is 22.7 Å². The summed E-state index contributed by atoms with van der Waals surface area (Å²) < 4.78 is 3.73. The van der Waals surface area contributed by atoms with Gasteiger partial charge in [0, 0.05) is 0 Å². The Bertz CT molecular complexity index is 525. The Morgan fingerprint density at radius 3 is 2.47 bits per heavy atom. The molecule has 0 aliphatic rings. The van der Waals surface area contributed by atoms with Crippen LogP contribution >= 0.6 is 27.5 Å². The van der Waals surface area contributed by atoms with Crippen molar-refractivity contribution in [2.75, 3.05) is 12.4 Å². The minimum Gasteiger partial charge on any atom is -0.504 e. The van der Waals surface area contributed by atoms with Crippen LogP contribution < -0.4 is 5.32 Å². The lowest BCUT2D eigenvalue weighted by molar-refractivity contribution is -0.117. The van der Waals surface area contributed by atoms with Gasteiger partial charge in [-0.1, -0.05) is 27.5 Å². The zero-order valence-corrected chi connectivity index (χ0v) is 12.9. The maximum absolute atomic E-state index is 11.8. The Morgan fingerprint density at radius 2 is 2.00 bits per heavy atom. The second kappa shape index (κ2) is 5.79. The highest BCUT2D eigenvalue weighted by Gasteiger charge is 2.25. The van der Waals surface area contributed by atoms with Gasteiger partial charge in [-0.05, 0) is 26.0 Å². The minimum absolute atomic E-state index is 0.0467. The molecule has 5 nitrogen and oxygen atoms in total. The van der Waals surface area contributed by atoms with Crippen LogP contribution in [0.1, 0.15) is 24.2 Å². The highest BCUT2D eigenvalue weighted by atomic mass is 79.9. The van der Waals surface area contributed by atoms with Crippen LogP contribution in [0, 0.1) is 0 Å². The highest BCUT2D eigenvalue weighted by Crippen LogP contribution is 2.34. The molecule has 0 saturated heterocycles. The number of amides is 1. The lowest BCUT2D eigenvalue weighted by Gasteiger charge is -2.17. The Balaban J connectivity index is 3.17. The van der Waals surface area contributed by atoms with Crippen LogP contribution in [0.2, 0.25) is 5.02 Å². The third-order valence-corrected chi connectivity index (χ3v) is 2.92. The topological polar surface area (TPSA) is 75.6 Å². The number of phenolic OH excluding ortho intramolecular Hbond substituents is 1. The third kappa shape index (κ3) is 3.84. The molecule has 0 aromatic heterocycles. The molecule has 0 bridgehead atoms. The van der Waals surface area contributed by atoms with Crippen molar-refractivity contribution in [1.82, 2.24) is 0 Å². The standard InChI is InChI=1S/C12H13BrClNO4/c1-12(2,13)11(18)15-8-5-6(10(17)19-3)4-7(14)9(8)16/h4-5,16H,1-3H3,(H,15,18). The number of alkyl halides is 1. The molecular formula is C12H13BrClNO4. The van der Waals surface area contributed by atoms with Crippen molar-refractivity contribution in [2.24, 2.45) is 0 Å². The van der Waals surface area contributed by atoms with Crippen LogP contribution in [0.5, 0.6) is 5.75 Å². The number of aromatic hydroxyl groups is 1. The van der Waals surface area contributed by atoms with Gasteiger partial charge in [0.25, 0.3) is 0 Å². The molecule has 0 atom stereocenters. The van der Waals surface area contributed by atoms with Gasteiger partial charge in [-0.25, -0.2) is 4.79 Å². The fraction of sp³-hybridized carbons (Fsp3) is 0.333. The van der Waals surface area contributed by atoms with Gasteiger partial charge < -0.3 is 15.2 Å². The maximum atomic E-state index is 11.8. The first-order chi connectivity index (χ1) is 8.66. The molecule has 2 N–H and O–H groups in total. The van der Waals surface area contributed by atoms with Crippen LogP contribution in [0.25, 0.3) is 0 Å². The lowest BCUT2D eigenvalue weighted by Crippen LogP contribution is -2.31. The van der Waals surface area contributed by atoms with Gasteiger partial charge in [-0.3, -0.25) is 4.79 Å². The molecule has 104 valence electrons. The number of methoxy groups -OCH3 is 1. The quantitative estimate of drug-likeness (QED) is 0.499. The minimum atomic E-state index is -0.826. The molecule has 7 heteroatoms. The number of benzene rings is 1. The van der Waals surface area contributed by atoms with E-state index in [1.807, 2.05) is 0 Å².